The third-order valence-electron chi connectivity index (χ3n) is 2.15. The van der Waals surface area contributed by atoms with Crippen LogP contribution in [0.3, 0.4) is 0 Å². The van der Waals surface area contributed by atoms with Gasteiger partial charge in [0, 0.05) is 12.1 Å². The van der Waals surface area contributed by atoms with E-state index in [1.54, 1.807) is 4.68 Å². The van der Waals surface area contributed by atoms with Crippen LogP contribution in [0.2, 0.25) is 0 Å². The van der Waals surface area contributed by atoms with Crippen molar-refractivity contribution in [1.82, 2.24) is 9.78 Å². The third-order valence-corrected chi connectivity index (χ3v) is 2.15. The van der Waals surface area contributed by atoms with Crippen LogP contribution < -0.4 is 0 Å². The van der Waals surface area contributed by atoms with Gasteiger partial charge < -0.3 is 9.84 Å². The fourth-order valence-electron chi connectivity index (χ4n) is 1.53. The Hall–Kier alpha value is -1.36. The molecule has 1 aromatic rings. The fraction of sp³-hybridized carbons (Fsp3) is 0.500. The first-order valence-corrected chi connectivity index (χ1v) is 4.13. The Kier molecular flexibility index (Phi) is 1.81. The second kappa shape index (κ2) is 2.85. The number of fused-ring (bicyclic) bond motifs is 1. The quantitative estimate of drug-likeness (QED) is 0.728. The van der Waals surface area contributed by atoms with Gasteiger partial charge in [0.15, 0.2) is 5.69 Å². The summed E-state index contributed by atoms with van der Waals surface area (Å²) in [5.41, 5.74) is 1.77. The minimum atomic E-state index is -0.978. The van der Waals surface area contributed by atoms with Gasteiger partial charge in [0.2, 0.25) is 0 Å². The van der Waals surface area contributed by atoms with Crippen molar-refractivity contribution in [2.24, 2.45) is 0 Å². The first kappa shape index (κ1) is 8.25. The molecular formula is C8H10N2O3. The number of hydrogen-bond acceptors (Lipinski definition) is 3. The first-order valence-electron chi connectivity index (χ1n) is 4.13. The molecular weight excluding hydrogens is 172 g/mol. The monoisotopic (exact) mass is 182 g/mol. The van der Waals surface area contributed by atoms with Gasteiger partial charge >= 0.3 is 5.97 Å². The van der Waals surface area contributed by atoms with Crippen molar-refractivity contribution in [2.75, 3.05) is 0 Å². The highest BCUT2D eigenvalue weighted by atomic mass is 16.5. The van der Waals surface area contributed by atoms with Crippen LogP contribution in [0.15, 0.2) is 0 Å². The van der Waals surface area contributed by atoms with Crippen LogP contribution in [0.4, 0.5) is 0 Å². The number of aryl methyl sites for hydroxylation is 1. The number of carbonyl (C=O) groups is 1. The topological polar surface area (TPSA) is 64.4 Å². The SMILES string of the molecule is CCn1nc(C(=O)O)c2c1COC2. The number of aromatic nitrogens is 2. The molecule has 0 saturated carbocycles. The largest absolute Gasteiger partial charge is 0.476 e. The minimum absolute atomic E-state index is 0.134. The van der Waals surface area contributed by atoms with Gasteiger partial charge in [-0.2, -0.15) is 5.10 Å². The van der Waals surface area contributed by atoms with E-state index >= 15 is 0 Å². The molecule has 13 heavy (non-hydrogen) atoms. The van der Waals surface area contributed by atoms with Crippen molar-refractivity contribution < 1.29 is 14.6 Å². The van der Waals surface area contributed by atoms with Crippen LogP contribution in [0.25, 0.3) is 0 Å². The molecule has 0 saturated heterocycles. The van der Waals surface area contributed by atoms with E-state index in [-0.39, 0.29) is 5.69 Å². The van der Waals surface area contributed by atoms with Crippen LogP contribution >= 0.6 is 0 Å². The molecule has 1 N–H and O–H groups in total. The lowest BCUT2D eigenvalue weighted by Crippen LogP contribution is -2.05. The summed E-state index contributed by atoms with van der Waals surface area (Å²) in [7, 11) is 0. The van der Waals surface area contributed by atoms with Gasteiger partial charge in [0.1, 0.15) is 0 Å². The van der Waals surface area contributed by atoms with Crippen molar-refractivity contribution >= 4 is 5.97 Å². The van der Waals surface area contributed by atoms with Crippen LogP contribution in [0.5, 0.6) is 0 Å². The summed E-state index contributed by atoms with van der Waals surface area (Å²) in [5.74, 6) is -0.978. The van der Waals surface area contributed by atoms with E-state index in [2.05, 4.69) is 5.10 Å². The standard InChI is InChI=1S/C8H10N2O3/c1-2-10-6-4-13-3-5(6)7(9-10)8(11)12/h2-4H2,1H3,(H,11,12). The molecule has 70 valence electrons. The highest BCUT2D eigenvalue weighted by Gasteiger charge is 2.25. The van der Waals surface area contributed by atoms with E-state index in [0.29, 0.717) is 19.8 Å². The maximum atomic E-state index is 10.8. The molecule has 0 unspecified atom stereocenters. The highest BCUT2D eigenvalue weighted by Crippen LogP contribution is 2.23. The number of hydrogen-bond donors (Lipinski definition) is 1. The van der Waals surface area contributed by atoms with Gasteiger partial charge in [0.25, 0.3) is 0 Å². The average Bonchev–Trinajstić information content (AvgIpc) is 2.61. The summed E-state index contributed by atoms with van der Waals surface area (Å²) in [6, 6.07) is 0. The molecule has 0 spiro atoms. The van der Waals surface area contributed by atoms with Crippen molar-refractivity contribution in [3.05, 3.63) is 17.0 Å². The molecule has 1 aromatic heterocycles. The number of aromatic carboxylic acids is 1. The van der Waals surface area contributed by atoms with Crippen molar-refractivity contribution in [3.8, 4) is 0 Å². The Bertz CT molecular complexity index is 357. The maximum absolute atomic E-state index is 10.8. The average molecular weight is 182 g/mol. The molecule has 0 amide bonds. The van der Waals surface area contributed by atoms with E-state index in [4.69, 9.17) is 9.84 Å². The smallest absolute Gasteiger partial charge is 0.356 e. The number of nitrogens with zero attached hydrogens (tertiary/aromatic N) is 2. The number of carboxylic acid groups (broad SMARTS) is 1. The van der Waals surface area contributed by atoms with E-state index in [9.17, 15) is 4.79 Å². The van der Waals surface area contributed by atoms with Crippen LogP contribution in [-0.4, -0.2) is 20.9 Å². The first-order chi connectivity index (χ1) is 6.24. The lowest BCUT2D eigenvalue weighted by molar-refractivity contribution is 0.0681. The van der Waals surface area contributed by atoms with Crippen molar-refractivity contribution in [2.45, 2.75) is 26.7 Å². The molecule has 1 aliphatic heterocycles. The lowest BCUT2D eigenvalue weighted by Gasteiger charge is -1.98. The maximum Gasteiger partial charge on any atom is 0.356 e. The number of rotatable bonds is 2. The zero-order chi connectivity index (χ0) is 9.42. The van der Waals surface area contributed by atoms with E-state index < -0.39 is 5.97 Å². The Morgan fingerprint density at radius 1 is 1.69 bits per heavy atom. The van der Waals surface area contributed by atoms with Gasteiger partial charge in [-0.25, -0.2) is 4.79 Å². The molecule has 0 bridgehead atoms. The van der Waals surface area contributed by atoms with Crippen LogP contribution in [-0.2, 0) is 24.5 Å². The normalized spacial score (nSPS) is 14.5. The number of ether oxygens (including phenoxy) is 1. The highest BCUT2D eigenvalue weighted by molar-refractivity contribution is 5.87. The summed E-state index contributed by atoms with van der Waals surface area (Å²) in [4.78, 5) is 10.8. The lowest BCUT2D eigenvalue weighted by atomic mass is 10.2. The van der Waals surface area contributed by atoms with E-state index in [1.165, 1.54) is 0 Å². The third kappa shape index (κ3) is 1.12. The molecule has 0 aromatic carbocycles. The molecule has 0 aliphatic carbocycles. The summed E-state index contributed by atoms with van der Waals surface area (Å²) < 4.78 is 6.85. The fourth-order valence-corrected chi connectivity index (χ4v) is 1.53. The molecule has 5 nitrogen and oxygen atoms in total. The summed E-state index contributed by atoms with van der Waals surface area (Å²) in [6.45, 7) is 3.45. The summed E-state index contributed by atoms with van der Waals surface area (Å²) >= 11 is 0. The van der Waals surface area contributed by atoms with Crippen LogP contribution in [0.1, 0.15) is 28.7 Å². The van der Waals surface area contributed by atoms with E-state index in [0.717, 1.165) is 11.3 Å². The van der Waals surface area contributed by atoms with Crippen molar-refractivity contribution in [1.29, 1.82) is 0 Å². The zero-order valence-electron chi connectivity index (χ0n) is 7.28. The van der Waals surface area contributed by atoms with Crippen molar-refractivity contribution in [3.63, 3.8) is 0 Å². The second-order valence-corrected chi connectivity index (χ2v) is 2.89. The van der Waals surface area contributed by atoms with Gasteiger partial charge in [-0.3, -0.25) is 4.68 Å². The number of carboxylic acids is 1. The van der Waals surface area contributed by atoms with E-state index in [1.807, 2.05) is 6.92 Å². The molecule has 0 atom stereocenters. The molecule has 0 fully saturated rings. The predicted octanol–water partition coefficient (Wildman–Crippen LogP) is 0.631. The molecule has 0 radical (unpaired) electrons. The predicted molar refractivity (Wildman–Crippen MR) is 43.4 cm³/mol. The van der Waals surface area contributed by atoms with Gasteiger partial charge in [0.05, 0.1) is 18.9 Å². The Balaban J connectivity index is 2.54. The van der Waals surface area contributed by atoms with Gasteiger partial charge in [-0.05, 0) is 6.92 Å². The Morgan fingerprint density at radius 3 is 3.08 bits per heavy atom. The minimum Gasteiger partial charge on any atom is -0.476 e. The summed E-state index contributed by atoms with van der Waals surface area (Å²) in [6.07, 6.45) is 0. The Morgan fingerprint density at radius 2 is 2.46 bits per heavy atom. The van der Waals surface area contributed by atoms with Gasteiger partial charge in [-0.1, -0.05) is 0 Å². The molecule has 1 aliphatic rings. The zero-order valence-corrected chi connectivity index (χ0v) is 7.28. The summed E-state index contributed by atoms with van der Waals surface area (Å²) in [5, 5.41) is 12.8. The van der Waals surface area contributed by atoms with Crippen LogP contribution in [0, 0.1) is 0 Å². The van der Waals surface area contributed by atoms with Gasteiger partial charge in [-0.15, -0.1) is 0 Å². The molecule has 2 rings (SSSR count). The second-order valence-electron chi connectivity index (χ2n) is 2.89. The molecule has 5 heteroatoms. The Labute approximate surface area is 74.9 Å². The molecule has 2 heterocycles.